The Morgan fingerprint density at radius 2 is 1.84 bits per heavy atom. The van der Waals surface area contributed by atoms with Crippen LogP contribution in [0.3, 0.4) is 0 Å². The van der Waals surface area contributed by atoms with E-state index in [4.69, 9.17) is 5.73 Å². The first kappa shape index (κ1) is 19.1. The molecule has 4 aromatic rings. The number of nitrogen functional groups attached to an aromatic ring is 1. The zero-order valence-corrected chi connectivity index (χ0v) is 17.1. The Morgan fingerprint density at radius 3 is 2.65 bits per heavy atom. The molecule has 0 atom stereocenters. The molecule has 1 aliphatic rings. The van der Waals surface area contributed by atoms with Gasteiger partial charge in [-0.3, -0.25) is 0 Å². The van der Waals surface area contributed by atoms with Gasteiger partial charge in [-0.1, -0.05) is 30.3 Å². The van der Waals surface area contributed by atoms with Gasteiger partial charge in [0.2, 0.25) is 0 Å². The molecule has 0 unspecified atom stereocenters. The number of hydrogen-bond donors (Lipinski definition) is 3. The zero-order chi connectivity index (χ0) is 21.2. The van der Waals surface area contributed by atoms with E-state index in [0.29, 0.717) is 12.4 Å². The van der Waals surface area contributed by atoms with Crippen molar-refractivity contribution in [2.24, 2.45) is 0 Å². The largest absolute Gasteiger partial charge is 0.382 e. The maximum atomic E-state index is 12.2. The monoisotopic (exact) mass is 412 g/mol. The highest BCUT2D eigenvalue weighted by Gasteiger charge is 2.25. The van der Waals surface area contributed by atoms with Crippen LogP contribution in [0.4, 0.5) is 16.3 Å². The molecule has 7 nitrogen and oxygen atoms in total. The van der Waals surface area contributed by atoms with Crippen LogP contribution in [0.2, 0.25) is 0 Å². The lowest BCUT2D eigenvalue weighted by atomic mass is 10.1. The number of carbonyl (C=O) groups is 1. The van der Waals surface area contributed by atoms with Crippen LogP contribution >= 0.6 is 0 Å². The molecule has 0 fully saturated rings. The van der Waals surface area contributed by atoms with Crippen LogP contribution in [-0.2, 0) is 19.3 Å². The topological polar surface area (TPSA) is 97.9 Å². The first-order chi connectivity index (χ1) is 15.2. The van der Waals surface area contributed by atoms with Gasteiger partial charge in [-0.2, -0.15) is 0 Å². The second-order valence-electron chi connectivity index (χ2n) is 7.73. The number of aryl methyl sites for hydroxylation is 1. The normalized spacial score (nSPS) is 12.6. The fourth-order valence-electron chi connectivity index (χ4n) is 4.32. The number of benzene rings is 2. The SMILES string of the molecule is Nc1ncnc2c3c(n(-c4ccc(NC(=O)NCCc5ccccc5)cc4)c12)CCC3. The molecule has 156 valence electrons. The molecule has 4 N–H and O–H groups in total. The maximum absolute atomic E-state index is 12.2. The van der Waals surface area contributed by atoms with E-state index in [1.165, 1.54) is 23.1 Å². The van der Waals surface area contributed by atoms with Crippen molar-refractivity contribution in [1.82, 2.24) is 19.9 Å². The van der Waals surface area contributed by atoms with E-state index in [0.717, 1.165) is 48.1 Å². The molecular formula is C24H24N6O. The third-order valence-electron chi connectivity index (χ3n) is 5.74. The molecule has 1 aliphatic carbocycles. The van der Waals surface area contributed by atoms with E-state index in [9.17, 15) is 4.79 Å². The molecule has 5 rings (SSSR count). The second kappa shape index (κ2) is 8.10. The molecule has 0 saturated heterocycles. The predicted octanol–water partition coefficient (Wildman–Crippen LogP) is 3.86. The highest BCUT2D eigenvalue weighted by molar-refractivity contribution is 5.92. The Balaban J connectivity index is 1.30. The number of nitrogens with one attached hydrogen (secondary N) is 2. The summed E-state index contributed by atoms with van der Waals surface area (Å²) in [5.41, 5.74) is 13.5. The molecule has 0 spiro atoms. The smallest absolute Gasteiger partial charge is 0.319 e. The number of rotatable bonds is 5. The number of anilines is 2. The van der Waals surface area contributed by atoms with Crippen molar-refractivity contribution in [1.29, 1.82) is 0 Å². The van der Waals surface area contributed by atoms with Gasteiger partial charge in [0.1, 0.15) is 11.8 Å². The van der Waals surface area contributed by atoms with Crippen LogP contribution in [0.5, 0.6) is 0 Å². The Morgan fingerprint density at radius 1 is 1.03 bits per heavy atom. The summed E-state index contributed by atoms with van der Waals surface area (Å²) in [5, 5.41) is 5.79. The minimum Gasteiger partial charge on any atom is -0.382 e. The lowest BCUT2D eigenvalue weighted by Crippen LogP contribution is -2.30. The first-order valence-corrected chi connectivity index (χ1v) is 10.5. The molecule has 2 aromatic heterocycles. The van der Waals surface area contributed by atoms with Crippen LogP contribution in [0.15, 0.2) is 60.9 Å². The highest BCUT2D eigenvalue weighted by atomic mass is 16.2. The summed E-state index contributed by atoms with van der Waals surface area (Å²) in [7, 11) is 0. The average molecular weight is 412 g/mol. The minimum absolute atomic E-state index is 0.214. The van der Waals surface area contributed by atoms with E-state index in [1.807, 2.05) is 42.5 Å². The molecule has 0 radical (unpaired) electrons. The van der Waals surface area contributed by atoms with Gasteiger partial charge < -0.3 is 20.9 Å². The highest BCUT2D eigenvalue weighted by Crippen LogP contribution is 2.36. The third-order valence-corrected chi connectivity index (χ3v) is 5.74. The maximum Gasteiger partial charge on any atom is 0.319 e. The van der Waals surface area contributed by atoms with Crippen molar-refractivity contribution in [2.75, 3.05) is 17.6 Å². The van der Waals surface area contributed by atoms with Crippen molar-refractivity contribution in [3.63, 3.8) is 0 Å². The molecule has 2 amide bonds. The molecule has 0 aliphatic heterocycles. The lowest BCUT2D eigenvalue weighted by molar-refractivity contribution is 0.252. The molecule has 2 aromatic carbocycles. The number of carbonyl (C=O) groups excluding carboxylic acids is 1. The van der Waals surface area contributed by atoms with Crippen LogP contribution in [0.1, 0.15) is 23.2 Å². The molecule has 7 heteroatoms. The van der Waals surface area contributed by atoms with Gasteiger partial charge in [0.15, 0.2) is 5.82 Å². The summed E-state index contributed by atoms with van der Waals surface area (Å²) in [4.78, 5) is 20.9. The van der Waals surface area contributed by atoms with Crippen LogP contribution in [0, 0.1) is 0 Å². The lowest BCUT2D eigenvalue weighted by Gasteiger charge is -2.12. The molecule has 0 saturated carbocycles. The van der Waals surface area contributed by atoms with E-state index in [2.05, 4.69) is 37.3 Å². The predicted molar refractivity (Wildman–Crippen MR) is 122 cm³/mol. The number of hydrogen-bond acceptors (Lipinski definition) is 4. The summed E-state index contributed by atoms with van der Waals surface area (Å²) in [5.74, 6) is 0.486. The van der Waals surface area contributed by atoms with E-state index < -0.39 is 0 Å². The van der Waals surface area contributed by atoms with E-state index in [-0.39, 0.29) is 6.03 Å². The van der Waals surface area contributed by atoms with Gasteiger partial charge in [0, 0.05) is 23.6 Å². The number of amides is 2. The Kier molecular flexibility index (Phi) is 5.00. The number of fused-ring (bicyclic) bond motifs is 3. The fraction of sp³-hybridized carbons (Fsp3) is 0.208. The molecule has 31 heavy (non-hydrogen) atoms. The van der Waals surface area contributed by atoms with Crippen molar-refractivity contribution >= 4 is 28.6 Å². The number of aromatic nitrogens is 3. The van der Waals surface area contributed by atoms with E-state index in [1.54, 1.807) is 0 Å². The van der Waals surface area contributed by atoms with E-state index >= 15 is 0 Å². The van der Waals surface area contributed by atoms with Gasteiger partial charge in [-0.15, -0.1) is 0 Å². The number of nitrogens with two attached hydrogens (primary N) is 1. The van der Waals surface area contributed by atoms with Gasteiger partial charge in [-0.25, -0.2) is 14.8 Å². The minimum atomic E-state index is -0.214. The van der Waals surface area contributed by atoms with Gasteiger partial charge in [0.05, 0.1) is 5.52 Å². The summed E-state index contributed by atoms with van der Waals surface area (Å²) in [6.07, 6.45) is 5.45. The third kappa shape index (κ3) is 3.70. The number of urea groups is 1. The Hall–Kier alpha value is -3.87. The van der Waals surface area contributed by atoms with Crippen LogP contribution < -0.4 is 16.4 Å². The summed E-state index contributed by atoms with van der Waals surface area (Å²) in [6.45, 7) is 0.578. The van der Waals surface area contributed by atoms with Crippen molar-refractivity contribution in [3.05, 3.63) is 77.7 Å². The van der Waals surface area contributed by atoms with Gasteiger partial charge in [0.25, 0.3) is 0 Å². The van der Waals surface area contributed by atoms with Crippen molar-refractivity contribution < 1.29 is 4.79 Å². The van der Waals surface area contributed by atoms with Crippen LogP contribution in [-0.4, -0.2) is 27.1 Å². The molecule has 0 bridgehead atoms. The van der Waals surface area contributed by atoms with Crippen molar-refractivity contribution in [3.8, 4) is 5.69 Å². The second-order valence-corrected chi connectivity index (χ2v) is 7.73. The fourth-order valence-corrected chi connectivity index (χ4v) is 4.32. The average Bonchev–Trinajstić information content (AvgIpc) is 3.37. The standard InChI is InChI=1S/C24H24N6O/c25-23-22-21(27-15-28-23)19-7-4-8-20(19)30(22)18-11-9-17(10-12-18)29-24(31)26-14-13-16-5-2-1-3-6-16/h1-3,5-6,9-12,15H,4,7-8,13-14H2,(H2,25,27,28)(H2,26,29,31). The zero-order valence-electron chi connectivity index (χ0n) is 17.1. The quantitative estimate of drug-likeness (QED) is 0.464. The first-order valence-electron chi connectivity index (χ1n) is 10.5. The molecular weight excluding hydrogens is 388 g/mol. The summed E-state index contributed by atoms with van der Waals surface area (Å²) in [6, 6.07) is 17.7. The van der Waals surface area contributed by atoms with Gasteiger partial charge in [-0.05, 0) is 61.1 Å². The number of nitrogens with zero attached hydrogens (tertiary/aromatic N) is 3. The summed E-state index contributed by atoms with van der Waals surface area (Å²) >= 11 is 0. The van der Waals surface area contributed by atoms with Crippen molar-refractivity contribution in [2.45, 2.75) is 25.7 Å². The Labute approximate surface area is 180 Å². The van der Waals surface area contributed by atoms with Crippen LogP contribution in [0.25, 0.3) is 16.7 Å². The Bertz CT molecular complexity index is 1230. The molecule has 2 heterocycles. The summed E-state index contributed by atoms with van der Waals surface area (Å²) < 4.78 is 2.16. The van der Waals surface area contributed by atoms with Gasteiger partial charge >= 0.3 is 6.03 Å².